The van der Waals surface area contributed by atoms with Crippen LogP contribution in [0, 0.1) is 0 Å². The smallest absolute Gasteiger partial charge is 0.252 e. The van der Waals surface area contributed by atoms with Crippen LogP contribution in [0.15, 0.2) is 21.3 Å². The van der Waals surface area contributed by atoms with Gasteiger partial charge in [0.15, 0.2) is 5.96 Å². The van der Waals surface area contributed by atoms with E-state index < -0.39 is 10.0 Å². The van der Waals surface area contributed by atoms with Crippen LogP contribution in [0.25, 0.3) is 0 Å². The Bertz CT molecular complexity index is 711. The van der Waals surface area contributed by atoms with Gasteiger partial charge in [0.1, 0.15) is 4.21 Å². The van der Waals surface area contributed by atoms with Gasteiger partial charge < -0.3 is 15.8 Å². The van der Waals surface area contributed by atoms with E-state index in [1.807, 2.05) is 19.9 Å². The topological polar surface area (TPSA) is 100 Å². The van der Waals surface area contributed by atoms with Crippen LogP contribution in [0.2, 0.25) is 0 Å². The summed E-state index contributed by atoms with van der Waals surface area (Å²) in [5.41, 5.74) is 5.91. The Morgan fingerprint density at radius 1 is 1.32 bits per heavy atom. The Morgan fingerprint density at radius 2 is 2.04 bits per heavy atom. The molecule has 1 aromatic rings. The maximum absolute atomic E-state index is 12.5. The molecule has 1 saturated heterocycles. The predicted octanol–water partition coefficient (Wildman–Crippen LogP) is 0.948. The van der Waals surface area contributed by atoms with Crippen molar-refractivity contribution in [3.8, 4) is 0 Å². The first-order valence-electron chi connectivity index (χ1n) is 9.90. The van der Waals surface area contributed by atoms with E-state index in [1.54, 1.807) is 6.07 Å². The number of aliphatic imine (C=N–C) groups is 1. The minimum Gasteiger partial charge on any atom is -0.379 e. The Hall–Kier alpha value is -1.20. The first kappa shape index (κ1) is 23.1. The van der Waals surface area contributed by atoms with Crippen molar-refractivity contribution in [3.05, 3.63) is 17.0 Å². The fraction of sp³-hybridized carbons (Fsp3) is 0.722. The fourth-order valence-electron chi connectivity index (χ4n) is 3.01. The molecule has 0 radical (unpaired) electrons. The van der Waals surface area contributed by atoms with Crippen LogP contribution in [-0.4, -0.2) is 82.6 Å². The van der Waals surface area contributed by atoms with Gasteiger partial charge in [-0.25, -0.2) is 8.42 Å². The second kappa shape index (κ2) is 11.7. The highest BCUT2D eigenvalue weighted by molar-refractivity contribution is 7.91. The summed E-state index contributed by atoms with van der Waals surface area (Å²) in [6, 6.07) is 3.56. The molecule has 0 aromatic carbocycles. The summed E-state index contributed by atoms with van der Waals surface area (Å²) in [5, 5.41) is 3.10. The highest BCUT2D eigenvalue weighted by Gasteiger charge is 2.23. The van der Waals surface area contributed by atoms with E-state index >= 15 is 0 Å². The lowest BCUT2D eigenvalue weighted by Gasteiger charge is -2.26. The molecule has 8 nitrogen and oxygen atoms in total. The number of ether oxygens (including phenoxy) is 1. The van der Waals surface area contributed by atoms with Gasteiger partial charge in [-0.1, -0.05) is 13.8 Å². The van der Waals surface area contributed by atoms with Crippen molar-refractivity contribution in [2.24, 2.45) is 10.7 Å². The van der Waals surface area contributed by atoms with Crippen molar-refractivity contribution in [1.82, 2.24) is 14.5 Å². The highest BCUT2D eigenvalue weighted by atomic mass is 32.2. The second-order valence-electron chi connectivity index (χ2n) is 6.56. The van der Waals surface area contributed by atoms with Gasteiger partial charge in [-0.2, -0.15) is 4.31 Å². The number of nitrogens with two attached hydrogens (primary N) is 1. The summed E-state index contributed by atoms with van der Waals surface area (Å²) < 4.78 is 32.3. The Balaban J connectivity index is 1.70. The van der Waals surface area contributed by atoms with Crippen molar-refractivity contribution in [3.63, 3.8) is 0 Å². The first-order valence-corrected chi connectivity index (χ1v) is 12.2. The zero-order chi connectivity index (χ0) is 20.4. The van der Waals surface area contributed by atoms with Gasteiger partial charge >= 0.3 is 0 Å². The van der Waals surface area contributed by atoms with Gasteiger partial charge in [0.2, 0.25) is 0 Å². The molecule has 1 fully saturated rings. The Kier molecular flexibility index (Phi) is 9.66. The first-order chi connectivity index (χ1) is 13.5. The molecule has 10 heteroatoms. The number of hydrogen-bond donors (Lipinski definition) is 2. The van der Waals surface area contributed by atoms with Gasteiger partial charge in [-0.15, -0.1) is 11.3 Å². The molecule has 0 aliphatic carbocycles. The van der Waals surface area contributed by atoms with Crippen LogP contribution in [0.5, 0.6) is 0 Å². The van der Waals surface area contributed by atoms with Crippen LogP contribution in [0.4, 0.5) is 0 Å². The summed E-state index contributed by atoms with van der Waals surface area (Å²) in [7, 11) is -3.37. The maximum atomic E-state index is 12.5. The summed E-state index contributed by atoms with van der Waals surface area (Å²) in [6.07, 6.45) is 1.68. The molecule has 28 heavy (non-hydrogen) atoms. The van der Waals surface area contributed by atoms with Crippen molar-refractivity contribution in [2.45, 2.75) is 30.9 Å². The zero-order valence-electron chi connectivity index (χ0n) is 16.9. The average Bonchev–Trinajstić information content (AvgIpc) is 3.17. The van der Waals surface area contributed by atoms with Gasteiger partial charge in [-0.05, 0) is 25.0 Å². The molecular weight excluding hydrogens is 398 g/mol. The third-order valence-corrected chi connectivity index (χ3v) is 8.29. The number of thiophene rings is 1. The summed E-state index contributed by atoms with van der Waals surface area (Å²) >= 11 is 1.32. The molecule has 0 spiro atoms. The summed E-state index contributed by atoms with van der Waals surface area (Å²) in [5.74, 6) is 0.439. The van der Waals surface area contributed by atoms with Crippen LogP contribution in [-0.2, 0) is 21.2 Å². The molecule has 0 bridgehead atoms. The highest BCUT2D eigenvalue weighted by Crippen LogP contribution is 2.25. The van der Waals surface area contributed by atoms with Gasteiger partial charge in [0, 0.05) is 50.7 Å². The van der Waals surface area contributed by atoms with Gasteiger partial charge in [-0.3, -0.25) is 9.89 Å². The summed E-state index contributed by atoms with van der Waals surface area (Å²) in [4.78, 5) is 7.75. The van der Waals surface area contributed by atoms with E-state index in [4.69, 9.17) is 10.5 Å². The molecular formula is C18H33N5O3S2. The molecule has 1 aromatic heterocycles. The predicted molar refractivity (Wildman–Crippen MR) is 114 cm³/mol. The molecule has 2 heterocycles. The monoisotopic (exact) mass is 431 g/mol. The molecule has 0 saturated carbocycles. The molecule has 1 aliphatic heterocycles. The quantitative estimate of drug-likeness (QED) is 0.307. The lowest BCUT2D eigenvalue weighted by Crippen LogP contribution is -2.37. The molecule has 3 N–H and O–H groups in total. The van der Waals surface area contributed by atoms with E-state index in [0.717, 1.165) is 44.1 Å². The van der Waals surface area contributed by atoms with Crippen LogP contribution < -0.4 is 11.1 Å². The number of nitrogens with one attached hydrogen (secondary N) is 1. The molecule has 160 valence electrons. The number of guanidine groups is 1. The minimum atomic E-state index is -3.37. The van der Waals surface area contributed by atoms with E-state index in [9.17, 15) is 8.42 Å². The Labute approximate surface area is 172 Å². The Morgan fingerprint density at radius 3 is 2.71 bits per heavy atom. The molecule has 0 atom stereocenters. The maximum Gasteiger partial charge on any atom is 0.252 e. The normalized spacial score (nSPS) is 16.6. The summed E-state index contributed by atoms with van der Waals surface area (Å²) in [6.45, 7) is 10.6. The van der Waals surface area contributed by atoms with E-state index in [0.29, 0.717) is 42.8 Å². The zero-order valence-corrected chi connectivity index (χ0v) is 18.5. The van der Waals surface area contributed by atoms with Crippen molar-refractivity contribution >= 4 is 27.3 Å². The average molecular weight is 432 g/mol. The number of sulfonamides is 1. The number of hydrogen-bond acceptors (Lipinski definition) is 6. The molecule has 0 amide bonds. The van der Waals surface area contributed by atoms with Crippen LogP contribution >= 0.6 is 11.3 Å². The van der Waals surface area contributed by atoms with Crippen molar-refractivity contribution < 1.29 is 13.2 Å². The third kappa shape index (κ3) is 7.00. The third-order valence-electron chi connectivity index (χ3n) is 4.63. The minimum absolute atomic E-state index is 0.399. The second-order valence-corrected chi connectivity index (χ2v) is 9.89. The fourth-order valence-corrected chi connectivity index (χ4v) is 5.98. The SMILES string of the molecule is CCN(CC)S(=O)(=O)c1ccc(CCNC(N)=NCCCN2CCOCC2)s1. The van der Waals surface area contributed by atoms with Crippen molar-refractivity contribution in [2.75, 3.05) is 59.0 Å². The van der Waals surface area contributed by atoms with E-state index in [1.165, 1.54) is 15.6 Å². The van der Waals surface area contributed by atoms with Crippen LogP contribution in [0.1, 0.15) is 25.1 Å². The van der Waals surface area contributed by atoms with Crippen molar-refractivity contribution in [1.29, 1.82) is 0 Å². The molecule has 2 rings (SSSR count). The number of morpholine rings is 1. The lowest BCUT2D eigenvalue weighted by molar-refractivity contribution is 0.0377. The standard InChI is InChI=1S/C18H33N5O3S2/c1-3-23(4-2)28(24,25)17-7-6-16(27-17)8-10-21-18(19)20-9-5-11-22-12-14-26-15-13-22/h6-7H,3-5,8-15H2,1-2H3,(H3,19,20,21). The van der Waals surface area contributed by atoms with Crippen LogP contribution in [0.3, 0.4) is 0 Å². The van der Waals surface area contributed by atoms with E-state index in [-0.39, 0.29) is 0 Å². The number of rotatable bonds is 11. The molecule has 1 aliphatic rings. The largest absolute Gasteiger partial charge is 0.379 e. The van der Waals surface area contributed by atoms with Gasteiger partial charge in [0.05, 0.1) is 13.2 Å². The lowest BCUT2D eigenvalue weighted by atomic mass is 10.3. The number of nitrogens with zero attached hydrogens (tertiary/aromatic N) is 3. The van der Waals surface area contributed by atoms with E-state index in [2.05, 4.69) is 15.2 Å². The molecule has 0 unspecified atom stereocenters. The van der Waals surface area contributed by atoms with Gasteiger partial charge in [0.25, 0.3) is 10.0 Å².